The molecule has 19 heavy (non-hydrogen) atoms. The number of hydrogen-bond donors (Lipinski definition) is 1. The van der Waals surface area contributed by atoms with Crippen molar-refractivity contribution in [1.29, 1.82) is 0 Å². The summed E-state index contributed by atoms with van der Waals surface area (Å²) in [5.74, 6) is 0.0595. The molecule has 1 fully saturated rings. The zero-order valence-corrected chi connectivity index (χ0v) is 12.1. The Balaban J connectivity index is 2.17. The van der Waals surface area contributed by atoms with Crippen molar-refractivity contribution in [2.75, 3.05) is 6.54 Å². The van der Waals surface area contributed by atoms with Gasteiger partial charge in [-0.3, -0.25) is 4.79 Å². The first-order chi connectivity index (χ1) is 9.15. The van der Waals surface area contributed by atoms with Crippen molar-refractivity contribution in [2.45, 2.75) is 44.7 Å². The molecule has 0 spiro atoms. The second-order valence-corrected chi connectivity index (χ2v) is 5.51. The Morgan fingerprint density at radius 2 is 2.26 bits per heavy atom. The maximum Gasteiger partial charge on any atom is 0.239 e. The maximum absolute atomic E-state index is 12.4. The van der Waals surface area contributed by atoms with Gasteiger partial charge in [0.2, 0.25) is 5.91 Å². The molecule has 0 saturated carbocycles. The second kappa shape index (κ2) is 6.40. The van der Waals surface area contributed by atoms with Crippen LogP contribution in [-0.2, 0) is 4.79 Å². The van der Waals surface area contributed by atoms with E-state index < -0.39 is 0 Å². The highest BCUT2D eigenvalue weighted by atomic mass is 35.5. The fourth-order valence-electron chi connectivity index (χ4n) is 2.75. The van der Waals surface area contributed by atoms with Crippen LogP contribution in [0.1, 0.15) is 44.2 Å². The summed E-state index contributed by atoms with van der Waals surface area (Å²) < 4.78 is 0. The summed E-state index contributed by atoms with van der Waals surface area (Å²) in [6.45, 7) is 2.83. The lowest BCUT2D eigenvalue weighted by Gasteiger charge is -2.28. The van der Waals surface area contributed by atoms with Gasteiger partial charge in [0.1, 0.15) is 0 Å². The SMILES string of the molecule is CCCC(N)C(=O)N1CCCC1c1ccccc1Cl. The van der Waals surface area contributed by atoms with Crippen molar-refractivity contribution in [3.05, 3.63) is 34.9 Å². The van der Waals surface area contributed by atoms with Gasteiger partial charge < -0.3 is 10.6 Å². The van der Waals surface area contributed by atoms with E-state index in [1.165, 1.54) is 0 Å². The van der Waals surface area contributed by atoms with Gasteiger partial charge >= 0.3 is 0 Å². The van der Waals surface area contributed by atoms with Gasteiger partial charge in [-0.25, -0.2) is 0 Å². The van der Waals surface area contributed by atoms with Crippen LogP contribution in [0.3, 0.4) is 0 Å². The Hall–Kier alpha value is -1.06. The molecule has 0 bridgehead atoms. The van der Waals surface area contributed by atoms with E-state index in [0.717, 1.165) is 42.8 Å². The highest BCUT2D eigenvalue weighted by molar-refractivity contribution is 6.31. The van der Waals surface area contributed by atoms with E-state index in [1.807, 2.05) is 36.1 Å². The minimum Gasteiger partial charge on any atom is -0.334 e. The summed E-state index contributed by atoms with van der Waals surface area (Å²) >= 11 is 6.25. The third-order valence-electron chi connectivity index (χ3n) is 3.72. The molecular weight excluding hydrogens is 260 g/mol. The van der Waals surface area contributed by atoms with Crippen LogP contribution in [0.4, 0.5) is 0 Å². The van der Waals surface area contributed by atoms with Crippen LogP contribution in [0.25, 0.3) is 0 Å². The maximum atomic E-state index is 12.4. The molecule has 2 N–H and O–H groups in total. The van der Waals surface area contributed by atoms with Gasteiger partial charge in [-0.2, -0.15) is 0 Å². The van der Waals surface area contributed by atoms with Crippen LogP contribution in [0.2, 0.25) is 5.02 Å². The fraction of sp³-hybridized carbons (Fsp3) is 0.533. The molecule has 4 heteroatoms. The highest BCUT2D eigenvalue weighted by Gasteiger charge is 2.33. The number of halogens is 1. The first kappa shape index (κ1) is 14.4. The molecule has 1 aromatic carbocycles. The summed E-state index contributed by atoms with van der Waals surface area (Å²) in [7, 11) is 0. The van der Waals surface area contributed by atoms with E-state index in [0.29, 0.717) is 0 Å². The molecule has 104 valence electrons. The Morgan fingerprint density at radius 3 is 2.95 bits per heavy atom. The number of nitrogens with zero attached hydrogens (tertiary/aromatic N) is 1. The molecule has 1 saturated heterocycles. The van der Waals surface area contributed by atoms with Crippen LogP contribution in [0.5, 0.6) is 0 Å². The average molecular weight is 281 g/mol. The molecule has 1 aliphatic heterocycles. The fourth-order valence-corrected chi connectivity index (χ4v) is 3.01. The number of likely N-dealkylation sites (tertiary alicyclic amines) is 1. The van der Waals surface area contributed by atoms with Crippen molar-refractivity contribution in [1.82, 2.24) is 4.90 Å². The number of benzene rings is 1. The zero-order valence-electron chi connectivity index (χ0n) is 11.3. The third kappa shape index (κ3) is 3.10. The average Bonchev–Trinajstić information content (AvgIpc) is 2.87. The van der Waals surface area contributed by atoms with E-state index in [2.05, 4.69) is 0 Å². The molecule has 1 aromatic rings. The van der Waals surface area contributed by atoms with Crippen molar-refractivity contribution >= 4 is 17.5 Å². The topological polar surface area (TPSA) is 46.3 Å². The van der Waals surface area contributed by atoms with Crippen molar-refractivity contribution in [3.8, 4) is 0 Å². The quantitative estimate of drug-likeness (QED) is 0.921. The van der Waals surface area contributed by atoms with Crippen LogP contribution in [0.15, 0.2) is 24.3 Å². The molecular formula is C15H21ClN2O. The highest BCUT2D eigenvalue weighted by Crippen LogP contribution is 2.35. The summed E-state index contributed by atoms with van der Waals surface area (Å²) in [5, 5.41) is 0.733. The third-order valence-corrected chi connectivity index (χ3v) is 4.06. The van der Waals surface area contributed by atoms with E-state index in [4.69, 9.17) is 17.3 Å². The monoisotopic (exact) mass is 280 g/mol. The van der Waals surface area contributed by atoms with Crippen LogP contribution in [0, 0.1) is 0 Å². The smallest absolute Gasteiger partial charge is 0.239 e. The molecule has 1 amide bonds. The number of amides is 1. The minimum atomic E-state index is -0.381. The largest absolute Gasteiger partial charge is 0.334 e. The standard InChI is InChI=1S/C15H21ClN2O/c1-2-6-13(17)15(19)18-10-5-9-14(18)11-7-3-4-8-12(11)16/h3-4,7-8,13-14H,2,5-6,9-10,17H2,1H3. The zero-order chi connectivity index (χ0) is 13.8. The van der Waals surface area contributed by atoms with Gasteiger partial charge in [0.25, 0.3) is 0 Å². The number of carbonyl (C=O) groups is 1. The van der Waals surface area contributed by atoms with Crippen LogP contribution in [-0.4, -0.2) is 23.4 Å². The van der Waals surface area contributed by atoms with Crippen LogP contribution < -0.4 is 5.73 Å². The summed E-state index contributed by atoms with van der Waals surface area (Å²) in [6.07, 6.45) is 3.65. The van der Waals surface area contributed by atoms with E-state index in [9.17, 15) is 4.79 Å². The Morgan fingerprint density at radius 1 is 1.53 bits per heavy atom. The van der Waals surface area contributed by atoms with E-state index in [1.54, 1.807) is 0 Å². The molecule has 2 rings (SSSR count). The second-order valence-electron chi connectivity index (χ2n) is 5.11. The van der Waals surface area contributed by atoms with E-state index >= 15 is 0 Å². The van der Waals surface area contributed by atoms with Gasteiger partial charge in [0, 0.05) is 11.6 Å². The number of carbonyl (C=O) groups excluding carboxylic acids is 1. The Labute approximate surface area is 119 Å². The van der Waals surface area contributed by atoms with Gasteiger partial charge in [0.05, 0.1) is 12.1 Å². The first-order valence-electron chi connectivity index (χ1n) is 6.95. The van der Waals surface area contributed by atoms with Gasteiger partial charge in [-0.1, -0.05) is 43.1 Å². The summed E-state index contributed by atoms with van der Waals surface area (Å²) in [4.78, 5) is 14.3. The molecule has 0 aromatic heterocycles. The normalized spacial score (nSPS) is 20.6. The molecule has 1 heterocycles. The molecule has 0 aliphatic carbocycles. The van der Waals surface area contributed by atoms with Gasteiger partial charge in [0.15, 0.2) is 0 Å². The number of hydrogen-bond acceptors (Lipinski definition) is 2. The predicted molar refractivity (Wildman–Crippen MR) is 78.0 cm³/mol. The minimum absolute atomic E-state index is 0.0595. The molecule has 2 atom stereocenters. The van der Waals surface area contributed by atoms with Crippen molar-refractivity contribution < 1.29 is 4.79 Å². The molecule has 0 radical (unpaired) electrons. The lowest BCUT2D eigenvalue weighted by atomic mass is 10.0. The van der Waals surface area contributed by atoms with Crippen molar-refractivity contribution in [3.63, 3.8) is 0 Å². The first-order valence-corrected chi connectivity index (χ1v) is 7.33. The van der Waals surface area contributed by atoms with E-state index in [-0.39, 0.29) is 18.0 Å². The number of rotatable bonds is 4. The summed E-state index contributed by atoms with van der Waals surface area (Å²) in [5.41, 5.74) is 7.00. The molecule has 2 unspecified atom stereocenters. The Kier molecular flexibility index (Phi) is 4.83. The summed E-state index contributed by atoms with van der Waals surface area (Å²) in [6, 6.07) is 7.47. The van der Waals surface area contributed by atoms with Crippen molar-refractivity contribution in [2.24, 2.45) is 5.73 Å². The molecule has 1 aliphatic rings. The van der Waals surface area contributed by atoms with Crippen LogP contribution >= 0.6 is 11.6 Å². The predicted octanol–water partition coefficient (Wildman–Crippen LogP) is 3.13. The lowest BCUT2D eigenvalue weighted by molar-refractivity contribution is -0.133. The van der Waals surface area contributed by atoms with Gasteiger partial charge in [-0.15, -0.1) is 0 Å². The molecule has 3 nitrogen and oxygen atoms in total. The lowest BCUT2D eigenvalue weighted by Crippen LogP contribution is -2.43. The van der Waals surface area contributed by atoms with Gasteiger partial charge in [-0.05, 0) is 30.9 Å². The Bertz CT molecular complexity index is 450. The number of nitrogens with two attached hydrogens (primary N) is 1.